The summed E-state index contributed by atoms with van der Waals surface area (Å²) >= 11 is 0. The van der Waals surface area contributed by atoms with Crippen molar-refractivity contribution in [1.82, 2.24) is 5.32 Å². The quantitative estimate of drug-likeness (QED) is 0.0321. The van der Waals surface area contributed by atoms with E-state index in [1.165, 1.54) is 186 Å². The predicted octanol–water partition coefficient (Wildman–Crippen LogP) is 16.5. The van der Waals surface area contributed by atoms with Gasteiger partial charge in [0.15, 0.2) is 0 Å². The molecule has 0 rings (SSSR count). The highest BCUT2D eigenvalue weighted by Gasteiger charge is 2.18. The summed E-state index contributed by atoms with van der Waals surface area (Å²) in [6.45, 7) is 4.81. The molecule has 62 heavy (non-hydrogen) atoms. The minimum atomic E-state index is -0.861. The number of unbranched alkanes of at least 4 members (excludes halogenated alkanes) is 35. The first-order valence-corrected chi connectivity index (χ1v) is 27.3. The van der Waals surface area contributed by atoms with Crippen LogP contribution in [0.15, 0.2) is 36.5 Å². The Labute approximate surface area is 385 Å². The number of nitrogens with one attached hydrogen (secondary N) is 1. The molecule has 6 heteroatoms. The molecule has 0 bridgehead atoms. The van der Waals surface area contributed by atoms with Crippen molar-refractivity contribution in [3.63, 3.8) is 0 Å². The lowest BCUT2D eigenvalue weighted by atomic mass is 10.0. The molecule has 0 aliphatic rings. The third-order valence-corrected chi connectivity index (χ3v) is 12.4. The molecule has 0 aliphatic heterocycles. The molecule has 0 fully saturated rings. The van der Waals surface area contributed by atoms with Crippen molar-refractivity contribution in [2.75, 3.05) is 13.2 Å². The van der Waals surface area contributed by atoms with Gasteiger partial charge in [-0.25, -0.2) is 0 Å². The number of allylic oxidation sites excluding steroid dienone is 5. The van der Waals surface area contributed by atoms with Crippen LogP contribution in [0.3, 0.4) is 0 Å². The van der Waals surface area contributed by atoms with Gasteiger partial charge in [0.05, 0.1) is 25.4 Å². The maximum Gasteiger partial charge on any atom is 0.305 e. The number of carbonyl (C=O) groups excluding carboxylic acids is 2. The molecule has 0 spiro atoms. The fraction of sp³-hybridized carbons (Fsp3) is 0.857. The van der Waals surface area contributed by atoms with Crippen molar-refractivity contribution in [2.45, 2.75) is 296 Å². The van der Waals surface area contributed by atoms with Gasteiger partial charge in [-0.3, -0.25) is 9.59 Å². The lowest BCUT2D eigenvalue weighted by Crippen LogP contribution is -2.45. The van der Waals surface area contributed by atoms with E-state index in [1.807, 2.05) is 6.08 Å². The van der Waals surface area contributed by atoms with Gasteiger partial charge in [-0.05, 0) is 57.8 Å². The van der Waals surface area contributed by atoms with Gasteiger partial charge in [0, 0.05) is 12.8 Å². The third-order valence-electron chi connectivity index (χ3n) is 12.4. The molecule has 0 aliphatic carbocycles. The smallest absolute Gasteiger partial charge is 0.305 e. The Morgan fingerprint density at radius 2 is 0.823 bits per heavy atom. The lowest BCUT2D eigenvalue weighted by Gasteiger charge is -2.20. The minimum Gasteiger partial charge on any atom is -0.466 e. The summed E-state index contributed by atoms with van der Waals surface area (Å²) < 4.78 is 5.44. The number of aliphatic hydroxyl groups excluding tert-OH is 2. The van der Waals surface area contributed by atoms with E-state index in [9.17, 15) is 19.8 Å². The first-order valence-electron chi connectivity index (χ1n) is 27.3. The molecule has 2 unspecified atom stereocenters. The maximum absolute atomic E-state index is 12.5. The van der Waals surface area contributed by atoms with Crippen LogP contribution >= 0.6 is 0 Å². The molecule has 2 atom stereocenters. The van der Waals surface area contributed by atoms with Crippen LogP contribution in [0.2, 0.25) is 0 Å². The van der Waals surface area contributed by atoms with Gasteiger partial charge in [0.1, 0.15) is 0 Å². The van der Waals surface area contributed by atoms with E-state index < -0.39 is 12.1 Å². The second-order valence-electron chi connectivity index (χ2n) is 18.6. The van der Waals surface area contributed by atoms with Crippen LogP contribution in [0.4, 0.5) is 0 Å². The average Bonchev–Trinajstić information content (AvgIpc) is 3.27. The fourth-order valence-electron chi connectivity index (χ4n) is 8.18. The van der Waals surface area contributed by atoms with E-state index in [0.29, 0.717) is 19.4 Å². The Morgan fingerprint density at radius 1 is 0.452 bits per heavy atom. The highest BCUT2D eigenvalue weighted by Crippen LogP contribution is 2.16. The summed E-state index contributed by atoms with van der Waals surface area (Å²) in [6.07, 6.45) is 62.9. The molecule has 0 heterocycles. The molecule has 0 aromatic carbocycles. The number of rotatable bonds is 50. The van der Waals surface area contributed by atoms with E-state index in [4.69, 9.17) is 4.74 Å². The van der Waals surface area contributed by atoms with Crippen LogP contribution in [-0.4, -0.2) is 47.4 Å². The second-order valence-corrected chi connectivity index (χ2v) is 18.6. The van der Waals surface area contributed by atoms with E-state index in [1.54, 1.807) is 6.08 Å². The lowest BCUT2D eigenvalue weighted by molar-refractivity contribution is -0.143. The minimum absolute atomic E-state index is 0.0354. The molecular weight excluding hydrogens is 767 g/mol. The highest BCUT2D eigenvalue weighted by molar-refractivity contribution is 5.76. The Morgan fingerprint density at radius 3 is 1.27 bits per heavy atom. The van der Waals surface area contributed by atoms with Crippen LogP contribution in [0.5, 0.6) is 0 Å². The average molecular weight is 872 g/mol. The van der Waals surface area contributed by atoms with Crippen LogP contribution in [-0.2, 0) is 14.3 Å². The molecule has 0 aromatic heterocycles. The van der Waals surface area contributed by atoms with Crippen LogP contribution in [0.25, 0.3) is 0 Å². The molecule has 0 saturated heterocycles. The molecule has 0 radical (unpaired) electrons. The van der Waals surface area contributed by atoms with Gasteiger partial charge in [0.25, 0.3) is 0 Å². The van der Waals surface area contributed by atoms with Gasteiger partial charge < -0.3 is 20.3 Å². The van der Waals surface area contributed by atoms with E-state index >= 15 is 0 Å². The van der Waals surface area contributed by atoms with Crippen molar-refractivity contribution >= 4 is 11.9 Å². The number of ether oxygens (including phenoxy) is 1. The Bertz CT molecular complexity index is 1010. The molecule has 0 saturated carbocycles. The summed E-state index contributed by atoms with van der Waals surface area (Å²) in [5, 5.41) is 23.1. The standard InChI is InChI=1S/C56H105NO5/c1-3-5-7-9-11-13-15-17-19-20-21-22-23-24-25-26-28-32-36-40-44-48-54(59)53(52-58)57-55(60)49-45-41-37-33-30-31-35-39-43-47-51-62-56(61)50-46-42-38-34-29-27-18-16-14-12-10-8-6-4-2/h10,12,16,18,44,48,53-54,58-59H,3-9,11,13-15,17,19-43,45-47,49-52H2,1-2H3,(H,57,60)/b12-10-,18-16-,48-44+. The topological polar surface area (TPSA) is 95.9 Å². The largest absolute Gasteiger partial charge is 0.466 e. The van der Waals surface area contributed by atoms with Gasteiger partial charge in [-0.1, -0.05) is 249 Å². The van der Waals surface area contributed by atoms with Gasteiger partial charge in [-0.15, -0.1) is 0 Å². The highest BCUT2D eigenvalue weighted by atomic mass is 16.5. The number of aliphatic hydroxyl groups is 2. The maximum atomic E-state index is 12.5. The Hall–Kier alpha value is -1.92. The van der Waals surface area contributed by atoms with Crippen molar-refractivity contribution in [3.05, 3.63) is 36.5 Å². The first-order chi connectivity index (χ1) is 30.5. The van der Waals surface area contributed by atoms with Gasteiger partial charge in [0.2, 0.25) is 5.91 Å². The molecular formula is C56H105NO5. The molecule has 0 aromatic rings. The summed E-state index contributed by atoms with van der Waals surface area (Å²) in [4.78, 5) is 24.5. The monoisotopic (exact) mass is 872 g/mol. The summed E-state index contributed by atoms with van der Waals surface area (Å²) in [5.74, 6) is -0.126. The van der Waals surface area contributed by atoms with E-state index in [0.717, 1.165) is 70.6 Å². The fourth-order valence-corrected chi connectivity index (χ4v) is 8.18. The van der Waals surface area contributed by atoms with Gasteiger partial charge in [-0.2, -0.15) is 0 Å². The predicted molar refractivity (Wildman–Crippen MR) is 269 cm³/mol. The van der Waals surface area contributed by atoms with E-state index in [2.05, 4.69) is 43.5 Å². The first kappa shape index (κ1) is 60.1. The molecule has 364 valence electrons. The molecule has 6 nitrogen and oxygen atoms in total. The van der Waals surface area contributed by atoms with Crippen LogP contribution in [0.1, 0.15) is 284 Å². The van der Waals surface area contributed by atoms with Crippen molar-refractivity contribution in [3.8, 4) is 0 Å². The zero-order valence-corrected chi connectivity index (χ0v) is 41.4. The zero-order valence-electron chi connectivity index (χ0n) is 41.4. The number of amides is 1. The third kappa shape index (κ3) is 47.6. The molecule has 3 N–H and O–H groups in total. The number of esters is 1. The zero-order chi connectivity index (χ0) is 45.1. The Kier molecular flexibility index (Phi) is 50.1. The van der Waals surface area contributed by atoms with Crippen molar-refractivity contribution in [1.29, 1.82) is 0 Å². The van der Waals surface area contributed by atoms with E-state index in [-0.39, 0.29) is 18.5 Å². The van der Waals surface area contributed by atoms with Crippen molar-refractivity contribution < 1.29 is 24.5 Å². The summed E-state index contributed by atoms with van der Waals surface area (Å²) in [7, 11) is 0. The number of hydrogen-bond acceptors (Lipinski definition) is 5. The SMILES string of the molecule is CCCC/C=C\C/C=C\CCCCCCCC(=O)OCCCCCCCCCCCCC(=O)NC(CO)C(O)/C=C/CCCCCCCCCCCCCCCCCCCCC. The summed E-state index contributed by atoms with van der Waals surface area (Å²) in [5.41, 5.74) is 0. The molecule has 1 amide bonds. The Balaban J connectivity index is 3.53. The second kappa shape index (κ2) is 51.7. The summed E-state index contributed by atoms with van der Waals surface area (Å²) in [6, 6.07) is -0.647. The van der Waals surface area contributed by atoms with Crippen LogP contribution in [0, 0.1) is 0 Å². The normalized spacial score (nSPS) is 12.9. The number of carbonyl (C=O) groups is 2. The number of hydrogen-bond donors (Lipinski definition) is 3. The van der Waals surface area contributed by atoms with Crippen molar-refractivity contribution in [2.24, 2.45) is 0 Å². The van der Waals surface area contributed by atoms with Crippen LogP contribution < -0.4 is 5.32 Å². The van der Waals surface area contributed by atoms with Gasteiger partial charge >= 0.3 is 5.97 Å².